The van der Waals surface area contributed by atoms with Crippen molar-refractivity contribution >= 4 is 40.3 Å². The Morgan fingerprint density at radius 3 is 2.44 bits per heavy atom. The second-order valence-electron chi connectivity index (χ2n) is 3.26. The Labute approximate surface area is 108 Å². The lowest BCUT2D eigenvalue weighted by Crippen LogP contribution is -2.32. The number of alkyl halides is 3. The van der Waals surface area contributed by atoms with E-state index in [4.69, 9.17) is 23.2 Å². The third-order valence-corrected chi connectivity index (χ3v) is 2.95. The molecule has 0 aliphatic rings. The van der Waals surface area contributed by atoms with Crippen molar-refractivity contribution in [2.24, 2.45) is 0 Å². The molecule has 96 valence electrons. The number of carbonyl (C=O) groups excluding carboxylic acids is 1. The van der Waals surface area contributed by atoms with Crippen LogP contribution >= 0.6 is 23.2 Å². The quantitative estimate of drug-likeness (QED) is 0.751. The number of benzene rings is 1. The van der Waals surface area contributed by atoms with Crippen LogP contribution in [0.4, 0.5) is 18.0 Å². The number of rotatable bonds is 0. The van der Waals surface area contributed by atoms with Crippen LogP contribution in [0.1, 0.15) is 5.82 Å². The topological polar surface area (TPSA) is 57.9 Å². The van der Waals surface area contributed by atoms with Gasteiger partial charge in [-0.3, -0.25) is 4.57 Å². The van der Waals surface area contributed by atoms with Gasteiger partial charge < -0.3 is 9.90 Å². The van der Waals surface area contributed by atoms with Gasteiger partial charge in [0.15, 0.2) is 0 Å². The molecule has 0 aliphatic carbocycles. The molecule has 0 saturated heterocycles. The third-order valence-electron chi connectivity index (χ3n) is 2.15. The van der Waals surface area contributed by atoms with E-state index >= 15 is 0 Å². The molecule has 0 N–H and O–H groups in total. The van der Waals surface area contributed by atoms with E-state index in [1.54, 1.807) is 0 Å². The van der Waals surface area contributed by atoms with Crippen LogP contribution in [-0.4, -0.2) is 15.6 Å². The molecule has 2 aromatic rings. The van der Waals surface area contributed by atoms with E-state index in [1.807, 2.05) is 0 Å². The molecule has 9 heteroatoms. The first-order valence-electron chi connectivity index (χ1n) is 4.38. The molecule has 18 heavy (non-hydrogen) atoms. The summed E-state index contributed by atoms with van der Waals surface area (Å²) in [6.07, 6.45) is -7.00. The van der Waals surface area contributed by atoms with Gasteiger partial charge in [0.2, 0.25) is 5.82 Å². The molecule has 0 unspecified atom stereocenters. The van der Waals surface area contributed by atoms with E-state index in [9.17, 15) is 23.1 Å². The van der Waals surface area contributed by atoms with Crippen molar-refractivity contribution in [1.29, 1.82) is 0 Å². The SMILES string of the molecule is O=C([O-])n1c(C(F)(F)F)nc2c(Cl)c(Cl)ccc21. The number of carbonyl (C=O) groups is 1. The molecule has 4 nitrogen and oxygen atoms in total. The van der Waals surface area contributed by atoms with Crippen LogP contribution < -0.4 is 5.11 Å². The zero-order valence-electron chi connectivity index (χ0n) is 8.26. The highest BCUT2D eigenvalue weighted by Gasteiger charge is 2.38. The van der Waals surface area contributed by atoms with Crippen molar-refractivity contribution in [3.05, 3.63) is 28.0 Å². The second kappa shape index (κ2) is 4.03. The number of halogens is 5. The molecule has 0 amide bonds. The van der Waals surface area contributed by atoms with E-state index in [-0.39, 0.29) is 25.6 Å². The molecule has 0 bridgehead atoms. The Hall–Kier alpha value is -1.47. The van der Waals surface area contributed by atoms with Gasteiger partial charge in [0.25, 0.3) is 0 Å². The minimum atomic E-state index is -4.95. The number of imidazole rings is 1. The highest BCUT2D eigenvalue weighted by molar-refractivity contribution is 6.45. The second-order valence-corrected chi connectivity index (χ2v) is 4.05. The van der Waals surface area contributed by atoms with Gasteiger partial charge in [-0.2, -0.15) is 13.2 Å². The maximum atomic E-state index is 12.6. The van der Waals surface area contributed by atoms with Crippen molar-refractivity contribution in [2.75, 3.05) is 0 Å². The summed E-state index contributed by atoms with van der Waals surface area (Å²) in [5.74, 6) is -1.62. The predicted molar refractivity (Wildman–Crippen MR) is 55.5 cm³/mol. The number of carboxylic acid groups (broad SMARTS) is 1. The van der Waals surface area contributed by atoms with Gasteiger partial charge in [-0.15, -0.1) is 0 Å². The molecular formula is C9H2Cl2F3N2O2-. The standard InChI is InChI=1S/C9H3Cl2F3N2O2/c10-3-1-2-4-6(5(3)11)15-7(9(12,13)14)16(4)8(17)18/h1-2H,(H,17,18)/p-1. The van der Waals surface area contributed by atoms with Crippen molar-refractivity contribution in [3.63, 3.8) is 0 Å². The summed E-state index contributed by atoms with van der Waals surface area (Å²) in [6.45, 7) is 0. The molecule has 0 radical (unpaired) electrons. The number of aromatic nitrogens is 2. The summed E-state index contributed by atoms with van der Waals surface area (Å²) in [5.41, 5.74) is -0.683. The van der Waals surface area contributed by atoms with Gasteiger partial charge >= 0.3 is 6.18 Å². The number of hydrogen-bond acceptors (Lipinski definition) is 3. The predicted octanol–water partition coefficient (Wildman–Crippen LogP) is 2.55. The lowest BCUT2D eigenvalue weighted by atomic mass is 10.3. The minimum absolute atomic E-state index is 0.0270. The molecule has 0 aliphatic heterocycles. The Morgan fingerprint density at radius 1 is 1.33 bits per heavy atom. The first-order chi connectivity index (χ1) is 8.23. The van der Waals surface area contributed by atoms with Crippen molar-refractivity contribution < 1.29 is 23.1 Å². The fourth-order valence-corrected chi connectivity index (χ4v) is 1.82. The van der Waals surface area contributed by atoms with E-state index < -0.39 is 18.1 Å². The van der Waals surface area contributed by atoms with Crippen LogP contribution in [0.3, 0.4) is 0 Å². The number of nitrogens with zero attached hydrogens (tertiary/aromatic N) is 2. The van der Waals surface area contributed by atoms with Gasteiger partial charge in [-0.1, -0.05) is 23.2 Å². The van der Waals surface area contributed by atoms with Crippen LogP contribution in [0.5, 0.6) is 0 Å². The lowest BCUT2D eigenvalue weighted by molar-refractivity contribution is -0.252. The van der Waals surface area contributed by atoms with E-state index in [0.29, 0.717) is 0 Å². The third kappa shape index (κ3) is 1.89. The fraction of sp³-hybridized carbons (Fsp3) is 0.111. The monoisotopic (exact) mass is 297 g/mol. The molecule has 1 aromatic heterocycles. The van der Waals surface area contributed by atoms with E-state index in [2.05, 4.69) is 4.98 Å². The smallest absolute Gasteiger partial charge is 0.450 e. The van der Waals surface area contributed by atoms with Gasteiger partial charge in [0.05, 0.1) is 15.6 Å². The number of hydrogen-bond donors (Lipinski definition) is 0. The summed E-state index contributed by atoms with van der Waals surface area (Å²) >= 11 is 11.3. The molecule has 1 heterocycles. The normalized spacial score (nSPS) is 12.1. The molecule has 0 saturated carbocycles. The van der Waals surface area contributed by atoms with Gasteiger partial charge in [-0.05, 0) is 12.1 Å². The highest BCUT2D eigenvalue weighted by atomic mass is 35.5. The Kier molecular flexibility index (Phi) is 2.90. The van der Waals surface area contributed by atoms with Crippen LogP contribution in [0.25, 0.3) is 11.0 Å². The largest absolute Gasteiger partial charge is 0.529 e. The average molecular weight is 298 g/mol. The fourth-order valence-electron chi connectivity index (χ4n) is 1.46. The molecular weight excluding hydrogens is 296 g/mol. The van der Waals surface area contributed by atoms with Crippen molar-refractivity contribution in [2.45, 2.75) is 6.18 Å². The molecule has 2 rings (SSSR count). The van der Waals surface area contributed by atoms with Crippen LogP contribution in [0.15, 0.2) is 12.1 Å². The Bertz CT molecular complexity index is 651. The average Bonchev–Trinajstić information content (AvgIpc) is 2.63. The highest BCUT2D eigenvalue weighted by Crippen LogP contribution is 2.35. The maximum Gasteiger partial charge on any atom is 0.450 e. The Balaban J connectivity index is 2.92. The molecule has 0 fully saturated rings. The van der Waals surface area contributed by atoms with Crippen molar-refractivity contribution in [1.82, 2.24) is 9.55 Å². The molecule has 0 spiro atoms. The summed E-state index contributed by atoms with van der Waals surface area (Å²) in [6, 6.07) is 2.25. The summed E-state index contributed by atoms with van der Waals surface area (Å²) in [4.78, 5) is 13.9. The van der Waals surface area contributed by atoms with Crippen LogP contribution in [0, 0.1) is 0 Å². The van der Waals surface area contributed by atoms with Gasteiger partial charge in [-0.25, -0.2) is 4.98 Å². The first-order valence-corrected chi connectivity index (χ1v) is 5.14. The lowest BCUT2D eigenvalue weighted by Gasteiger charge is -2.11. The number of fused-ring (bicyclic) bond motifs is 1. The first kappa shape index (κ1) is 13.0. The van der Waals surface area contributed by atoms with E-state index in [0.717, 1.165) is 6.07 Å². The molecule has 0 atom stereocenters. The van der Waals surface area contributed by atoms with Crippen molar-refractivity contribution in [3.8, 4) is 0 Å². The zero-order valence-corrected chi connectivity index (χ0v) is 9.77. The maximum absolute atomic E-state index is 12.6. The molecule has 1 aromatic carbocycles. The zero-order chi connectivity index (χ0) is 13.7. The van der Waals surface area contributed by atoms with E-state index in [1.165, 1.54) is 6.07 Å². The minimum Gasteiger partial charge on any atom is -0.529 e. The van der Waals surface area contributed by atoms with Crippen LogP contribution in [-0.2, 0) is 6.18 Å². The van der Waals surface area contributed by atoms with Gasteiger partial charge in [0.1, 0.15) is 11.6 Å². The summed E-state index contributed by atoms with van der Waals surface area (Å²) in [7, 11) is 0. The summed E-state index contributed by atoms with van der Waals surface area (Å²) < 4.78 is 37.8. The van der Waals surface area contributed by atoms with Crippen LogP contribution in [0.2, 0.25) is 10.0 Å². The summed E-state index contributed by atoms with van der Waals surface area (Å²) in [5, 5.41) is 10.5. The Morgan fingerprint density at radius 2 is 1.94 bits per heavy atom. The van der Waals surface area contributed by atoms with Gasteiger partial charge in [0, 0.05) is 0 Å².